The highest BCUT2D eigenvalue weighted by molar-refractivity contribution is 5.86. The predicted octanol–water partition coefficient (Wildman–Crippen LogP) is 2.42. The van der Waals surface area contributed by atoms with E-state index in [1.165, 1.54) is 17.1 Å². The Morgan fingerprint density at radius 3 is 2.65 bits per heavy atom. The summed E-state index contributed by atoms with van der Waals surface area (Å²) in [5.41, 5.74) is 0. The van der Waals surface area contributed by atoms with E-state index < -0.39 is 36.4 Å². The van der Waals surface area contributed by atoms with E-state index in [2.05, 4.69) is 6.92 Å². The molecule has 1 aliphatic heterocycles. The van der Waals surface area contributed by atoms with E-state index in [1.807, 2.05) is 0 Å². The number of carbonyl (C=O) groups excluding carboxylic acids is 2. The smallest absolute Gasteiger partial charge is 0.327 e. The molecular formula is C19H30F2NO4-. The molecule has 0 spiro atoms. The molecule has 1 rings (SSSR count). The molecule has 0 unspecified atom stereocenters. The van der Waals surface area contributed by atoms with Crippen molar-refractivity contribution in [3.8, 4) is 0 Å². The van der Waals surface area contributed by atoms with Crippen molar-refractivity contribution in [2.45, 2.75) is 89.2 Å². The summed E-state index contributed by atoms with van der Waals surface area (Å²) in [7, 11) is 0. The third kappa shape index (κ3) is 7.81. The molecule has 1 fully saturated rings. The number of aliphatic carboxylic acids is 1. The van der Waals surface area contributed by atoms with Gasteiger partial charge in [0, 0.05) is 18.9 Å². The third-order valence-electron chi connectivity index (χ3n) is 4.63. The lowest BCUT2D eigenvalue weighted by Gasteiger charge is -2.22. The number of halogens is 2. The van der Waals surface area contributed by atoms with E-state index in [9.17, 15) is 28.6 Å². The first-order valence-electron chi connectivity index (χ1n) is 9.53. The van der Waals surface area contributed by atoms with Crippen LogP contribution in [0.15, 0.2) is 12.2 Å². The van der Waals surface area contributed by atoms with Crippen LogP contribution in [-0.2, 0) is 9.59 Å². The van der Waals surface area contributed by atoms with Gasteiger partial charge in [-0.3, -0.25) is 4.79 Å². The molecule has 2 atom stereocenters. The van der Waals surface area contributed by atoms with Gasteiger partial charge in [0.2, 0.25) is 0 Å². The van der Waals surface area contributed by atoms with Crippen molar-refractivity contribution in [3.63, 3.8) is 0 Å². The number of unbranched alkanes of at least 4 members (excludes halogenated alkanes) is 5. The molecule has 0 radical (unpaired) electrons. The van der Waals surface area contributed by atoms with Crippen molar-refractivity contribution in [1.82, 2.24) is 4.90 Å². The van der Waals surface area contributed by atoms with E-state index in [4.69, 9.17) is 0 Å². The normalized spacial score (nSPS) is 20.8. The van der Waals surface area contributed by atoms with Gasteiger partial charge in [-0.1, -0.05) is 51.2 Å². The van der Waals surface area contributed by atoms with E-state index >= 15 is 0 Å². The monoisotopic (exact) mass is 374 g/mol. The van der Waals surface area contributed by atoms with Gasteiger partial charge in [-0.05, 0) is 25.7 Å². The molecule has 1 heterocycles. The van der Waals surface area contributed by atoms with Crippen molar-refractivity contribution in [1.29, 1.82) is 0 Å². The van der Waals surface area contributed by atoms with Crippen LogP contribution < -0.4 is 5.11 Å². The Bertz CT molecular complexity index is 482. The number of hydrogen-bond donors (Lipinski definition) is 1. The number of rotatable bonds is 13. The van der Waals surface area contributed by atoms with Gasteiger partial charge in [-0.25, -0.2) is 0 Å². The number of alkyl halides is 2. The zero-order valence-corrected chi connectivity index (χ0v) is 15.5. The van der Waals surface area contributed by atoms with Gasteiger partial charge in [-0.2, -0.15) is 8.78 Å². The summed E-state index contributed by atoms with van der Waals surface area (Å²) < 4.78 is 27.5. The van der Waals surface area contributed by atoms with Gasteiger partial charge in [0.1, 0.15) is 0 Å². The van der Waals surface area contributed by atoms with E-state index in [-0.39, 0.29) is 13.0 Å². The largest absolute Gasteiger partial charge is 0.550 e. The highest BCUT2D eigenvalue weighted by Crippen LogP contribution is 2.34. The van der Waals surface area contributed by atoms with Gasteiger partial charge >= 0.3 is 5.92 Å². The van der Waals surface area contributed by atoms with Gasteiger partial charge in [-0.15, -0.1) is 0 Å². The number of hydrogen-bond acceptors (Lipinski definition) is 4. The van der Waals surface area contributed by atoms with Gasteiger partial charge in [0.25, 0.3) is 5.91 Å². The molecule has 0 bridgehead atoms. The standard InChI is InChI=1S/C19H31F2NO4/c1-2-3-6-9-16(23)12-11-15-14-19(20,21)18(26)22(15)13-8-5-4-7-10-17(24)25/h11-12,15-16,23H,2-10,13-14H2,1H3,(H,24,25)/p-1/b12-11+/t15-,16+/m0/s1. The van der Waals surface area contributed by atoms with E-state index in [0.29, 0.717) is 32.1 Å². The summed E-state index contributed by atoms with van der Waals surface area (Å²) in [6.45, 7) is 2.27. The molecule has 1 saturated heterocycles. The number of nitrogens with zero attached hydrogens (tertiary/aromatic N) is 1. The molecule has 0 aromatic rings. The fourth-order valence-corrected chi connectivity index (χ4v) is 3.12. The van der Waals surface area contributed by atoms with Crippen LogP contribution in [0.4, 0.5) is 8.78 Å². The molecule has 1 aliphatic rings. The molecule has 0 aromatic carbocycles. The second-order valence-electron chi connectivity index (χ2n) is 6.96. The molecule has 0 saturated carbocycles. The Morgan fingerprint density at radius 1 is 1.31 bits per heavy atom. The van der Waals surface area contributed by atoms with Crippen LogP contribution in [0.2, 0.25) is 0 Å². The molecule has 0 aromatic heterocycles. The van der Waals surface area contributed by atoms with Gasteiger partial charge in [0.15, 0.2) is 0 Å². The minimum Gasteiger partial charge on any atom is -0.550 e. The zero-order valence-electron chi connectivity index (χ0n) is 15.5. The van der Waals surface area contributed by atoms with Crippen LogP contribution in [0.5, 0.6) is 0 Å². The Balaban J connectivity index is 2.48. The number of carboxylic acid groups (broad SMARTS) is 1. The average Bonchev–Trinajstić information content (AvgIpc) is 2.78. The third-order valence-corrected chi connectivity index (χ3v) is 4.63. The first kappa shape index (κ1) is 22.5. The highest BCUT2D eigenvalue weighted by atomic mass is 19.3. The number of aliphatic hydroxyl groups excluding tert-OH is 1. The summed E-state index contributed by atoms with van der Waals surface area (Å²) >= 11 is 0. The maximum atomic E-state index is 13.8. The fraction of sp³-hybridized carbons (Fsp3) is 0.789. The molecule has 150 valence electrons. The van der Waals surface area contributed by atoms with E-state index in [0.717, 1.165) is 19.3 Å². The first-order valence-corrected chi connectivity index (χ1v) is 9.53. The van der Waals surface area contributed by atoms with Crippen LogP contribution in [-0.4, -0.2) is 46.5 Å². The quantitative estimate of drug-likeness (QED) is 0.397. The Kier molecular flexibility index (Phi) is 9.76. The number of likely N-dealkylation sites (tertiary alicyclic amines) is 1. The predicted molar refractivity (Wildman–Crippen MR) is 92.4 cm³/mol. The Labute approximate surface area is 154 Å². The second-order valence-corrected chi connectivity index (χ2v) is 6.96. The second kappa shape index (κ2) is 11.3. The van der Waals surface area contributed by atoms with Gasteiger partial charge < -0.3 is 19.9 Å². The highest BCUT2D eigenvalue weighted by Gasteiger charge is 2.52. The summed E-state index contributed by atoms with van der Waals surface area (Å²) in [5.74, 6) is -5.62. The van der Waals surface area contributed by atoms with Crippen LogP contribution in [0.3, 0.4) is 0 Å². The topological polar surface area (TPSA) is 80.7 Å². The molecule has 5 nitrogen and oxygen atoms in total. The van der Waals surface area contributed by atoms with Crippen LogP contribution in [0.25, 0.3) is 0 Å². The number of carbonyl (C=O) groups is 2. The molecular weight excluding hydrogens is 344 g/mol. The summed E-state index contributed by atoms with van der Waals surface area (Å²) in [6.07, 6.45) is 7.63. The Morgan fingerprint density at radius 2 is 2.00 bits per heavy atom. The molecule has 1 N–H and O–H groups in total. The zero-order chi connectivity index (χ0) is 19.6. The summed E-state index contributed by atoms with van der Waals surface area (Å²) in [6, 6.07) is -0.707. The molecule has 0 aliphatic carbocycles. The Hall–Kier alpha value is -1.50. The lowest BCUT2D eigenvalue weighted by Crippen LogP contribution is -2.36. The van der Waals surface area contributed by atoms with Gasteiger partial charge in [0.05, 0.1) is 12.1 Å². The number of aliphatic hydroxyl groups is 1. The molecule has 1 amide bonds. The maximum Gasteiger partial charge on any atom is 0.327 e. The van der Waals surface area contributed by atoms with Crippen molar-refractivity contribution >= 4 is 11.9 Å². The van der Waals surface area contributed by atoms with Crippen molar-refractivity contribution in [3.05, 3.63) is 12.2 Å². The van der Waals surface area contributed by atoms with Crippen LogP contribution >= 0.6 is 0 Å². The SMILES string of the molecule is CCCCC[C@@H](O)/C=C/[C@H]1CC(F)(F)C(=O)N1CCCCCCC(=O)[O-]. The van der Waals surface area contributed by atoms with Crippen molar-refractivity contribution in [2.75, 3.05) is 6.54 Å². The summed E-state index contributed by atoms with van der Waals surface area (Å²) in [5, 5.41) is 20.2. The lowest BCUT2D eigenvalue weighted by molar-refractivity contribution is -0.305. The summed E-state index contributed by atoms with van der Waals surface area (Å²) in [4.78, 5) is 23.4. The van der Waals surface area contributed by atoms with Crippen molar-refractivity contribution < 1.29 is 28.6 Å². The minimum atomic E-state index is -3.36. The lowest BCUT2D eigenvalue weighted by atomic mass is 10.1. The van der Waals surface area contributed by atoms with Crippen molar-refractivity contribution in [2.24, 2.45) is 0 Å². The number of carboxylic acids is 1. The first-order chi connectivity index (χ1) is 12.3. The fourth-order valence-electron chi connectivity index (χ4n) is 3.12. The number of amides is 1. The maximum absolute atomic E-state index is 13.8. The molecule has 26 heavy (non-hydrogen) atoms. The average molecular weight is 374 g/mol. The van der Waals surface area contributed by atoms with Crippen LogP contribution in [0.1, 0.15) is 71.1 Å². The minimum absolute atomic E-state index is 0.0119. The van der Waals surface area contributed by atoms with Crippen LogP contribution in [0, 0.1) is 0 Å². The molecule has 7 heteroatoms. The van der Waals surface area contributed by atoms with E-state index in [1.54, 1.807) is 0 Å².